The van der Waals surface area contributed by atoms with Gasteiger partial charge in [0.05, 0.1) is 16.7 Å². The van der Waals surface area contributed by atoms with Crippen LogP contribution in [0.15, 0.2) is 12.1 Å². The van der Waals surface area contributed by atoms with Crippen molar-refractivity contribution in [3.05, 3.63) is 27.7 Å². The van der Waals surface area contributed by atoms with E-state index in [0.29, 0.717) is 34.4 Å². The minimum atomic E-state index is 0.0560. The first-order valence-corrected chi connectivity index (χ1v) is 8.50. The maximum absolute atomic E-state index is 12.2. The normalized spacial score (nSPS) is 10.7. The molecule has 0 spiro atoms. The Bertz CT molecular complexity index is 458. The molecule has 0 fully saturated rings. The average Bonchev–Trinajstić information content (AvgIpc) is 2.46. The summed E-state index contributed by atoms with van der Waals surface area (Å²) in [4.78, 5) is 12.2. The van der Waals surface area contributed by atoms with Gasteiger partial charge in [-0.2, -0.15) is 0 Å². The molecule has 0 amide bonds. The van der Waals surface area contributed by atoms with Crippen LogP contribution in [-0.4, -0.2) is 12.4 Å². The summed E-state index contributed by atoms with van der Waals surface area (Å²) in [5.74, 6) is 0.584. The zero-order chi connectivity index (χ0) is 15.7. The molecule has 0 unspecified atom stereocenters. The van der Waals surface area contributed by atoms with E-state index < -0.39 is 0 Å². The Kier molecular flexibility index (Phi) is 8.79. The lowest BCUT2D eigenvalue weighted by molar-refractivity contribution is 0.0979. The summed E-state index contributed by atoms with van der Waals surface area (Å²) in [6.07, 6.45) is 7.47. The molecule has 2 nitrogen and oxygen atoms in total. The fourth-order valence-electron chi connectivity index (χ4n) is 2.21. The highest BCUT2D eigenvalue weighted by Gasteiger charge is 2.14. The Hall–Kier alpha value is -0.730. The van der Waals surface area contributed by atoms with E-state index in [1.807, 2.05) is 6.92 Å². The van der Waals surface area contributed by atoms with Gasteiger partial charge in [-0.05, 0) is 19.4 Å². The topological polar surface area (TPSA) is 26.3 Å². The highest BCUT2D eigenvalue weighted by molar-refractivity contribution is 6.36. The summed E-state index contributed by atoms with van der Waals surface area (Å²) < 4.78 is 5.36. The van der Waals surface area contributed by atoms with Gasteiger partial charge >= 0.3 is 0 Å². The zero-order valence-electron chi connectivity index (χ0n) is 12.9. The van der Waals surface area contributed by atoms with Gasteiger partial charge in [-0.1, -0.05) is 62.2 Å². The average molecular weight is 331 g/mol. The van der Waals surface area contributed by atoms with Crippen LogP contribution in [0.5, 0.6) is 5.75 Å². The van der Waals surface area contributed by atoms with Crippen molar-refractivity contribution in [1.82, 2.24) is 0 Å². The van der Waals surface area contributed by atoms with E-state index in [4.69, 9.17) is 27.9 Å². The molecule has 0 radical (unpaired) electrons. The second-order valence-electron chi connectivity index (χ2n) is 5.14. The van der Waals surface area contributed by atoms with Crippen molar-refractivity contribution in [2.75, 3.05) is 6.61 Å². The number of Topliss-reactive ketones (excluding diaryl/α,β-unsaturated/α-hetero) is 1. The van der Waals surface area contributed by atoms with E-state index in [9.17, 15) is 4.79 Å². The maximum Gasteiger partial charge on any atom is 0.164 e. The largest absolute Gasteiger partial charge is 0.492 e. The molecule has 1 aromatic carbocycles. The molecule has 0 aliphatic carbocycles. The second kappa shape index (κ2) is 10.1. The first kappa shape index (κ1) is 18.3. The monoisotopic (exact) mass is 330 g/mol. The molecule has 0 N–H and O–H groups in total. The number of benzene rings is 1. The molecule has 0 aliphatic rings. The molecule has 0 aliphatic heterocycles. The van der Waals surface area contributed by atoms with Crippen LogP contribution in [0.1, 0.15) is 69.2 Å². The number of carbonyl (C=O) groups excluding carboxylic acids is 1. The third-order valence-electron chi connectivity index (χ3n) is 3.38. The lowest BCUT2D eigenvalue weighted by Gasteiger charge is -2.09. The first-order chi connectivity index (χ1) is 10.1. The molecule has 1 aromatic rings. The van der Waals surface area contributed by atoms with Gasteiger partial charge in [-0.15, -0.1) is 0 Å². The van der Waals surface area contributed by atoms with Crippen LogP contribution >= 0.6 is 23.2 Å². The molecule has 21 heavy (non-hydrogen) atoms. The van der Waals surface area contributed by atoms with Gasteiger partial charge in [0.15, 0.2) is 5.78 Å². The molecular formula is C17H24Cl2O2. The van der Waals surface area contributed by atoms with Crippen molar-refractivity contribution in [3.8, 4) is 5.75 Å². The first-order valence-electron chi connectivity index (χ1n) is 7.75. The Labute approximate surface area is 137 Å². The molecule has 0 atom stereocenters. The molecule has 0 heterocycles. The predicted molar refractivity (Wildman–Crippen MR) is 90.0 cm³/mol. The van der Waals surface area contributed by atoms with Crippen molar-refractivity contribution in [2.24, 2.45) is 0 Å². The Morgan fingerprint density at radius 3 is 2.33 bits per heavy atom. The van der Waals surface area contributed by atoms with E-state index in [1.54, 1.807) is 12.1 Å². The molecule has 4 heteroatoms. The van der Waals surface area contributed by atoms with Gasteiger partial charge in [0.1, 0.15) is 5.75 Å². The highest BCUT2D eigenvalue weighted by atomic mass is 35.5. The molecule has 118 valence electrons. The van der Waals surface area contributed by atoms with Crippen LogP contribution < -0.4 is 4.74 Å². The summed E-state index contributed by atoms with van der Waals surface area (Å²) in [5.41, 5.74) is 0.499. The van der Waals surface area contributed by atoms with Crippen LogP contribution in [0.3, 0.4) is 0 Å². The Morgan fingerprint density at radius 1 is 1.00 bits per heavy atom. The molecular weight excluding hydrogens is 307 g/mol. The van der Waals surface area contributed by atoms with Crippen LogP contribution in [0, 0.1) is 0 Å². The Morgan fingerprint density at radius 2 is 1.67 bits per heavy atom. The molecule has 1 rings (SSSR count). The van der Waals surface area contributed by atoms with Gasteiger partial charge in [-0.3, -0.25) is 4.79 Å². The third kappa shape index (κ3) is 6.27. The number of unbranched alkanes of at least 4 members (excludes halogenated alkanes) is 5. The standard InChI is InChI=1S/C17H24Cl2O2/c1-3-5-6-7-8-9-10-16(20)13-11-15(19)17(21-4-2)12-14(13)18/h11-12H,3-10H2,1-2H3. The molecule has 0 bridgehead atoms. The van der Waals surface area contributed by atoms with Gasteiger partial charge in [0.2, 0.25) is 0 Å². The Balaban J connectivity index is 2.52. The fourth-order valence-corrected chi connectivity index (χ4v) is 2.69. The van der Waals surface area contributed by atoms with Gasteiger partial charge in [0, 0.05) is 18.1 Å². The predicted octanol–water partition coefficient (Wildman–Crippen LogP) is 6.33. The van der Waals surface area contributed by atoms with Crippen LogP contribution in [0.2, 0.25) is 10.0 Å². The summed E-state index contributed by atoms with van der Waals surface area (Å²) in [7, 11) is 0. The number of hydrogen-bond acceptors (Lipinski definition) is 2. The number of ketones is 1. The number of halogens is 2. The van der Waals surface area contributed by atoms with Gasteiger partial charge in [0.25, 0.3) is 0 Å². The third-order valence-corrected chi connectivity index (χ3v) is 3.99. The minimum Gasteiger partial charge on any atom is -0.492 e. The second-order valence-corrected chi connectivity index (χ2v) is 5.95. The fraction of sp³-hybridized carbons (Fsp3) is 0.588. The molecule has 0 saturated carbocycles. The van der Waals surface area contributed by atoms with Gasteiger partial charge < -0.3 is 4.74 Å². The SMILES string of the molecule is CCCCCCCCC(=O)c1cc(Cl)c(OCC)cc1Cl. The quantitative estimate of drug-likeness (QED) is 0.370. The molecule has 0 aromatic heterocycles. The van der Waals surface area contributed by atoms with E-state index in [0.717, 1.165) is 12.8 Å². The zero-order valence-corrected chi connectivity index (χ0v) is 14.4. The minimum absolute atomic E-state index is 0.0560. The molecule has 0 saturated heterocycles. The summed E-state index contributed by atoms with van der Waals surface area (Å²) in [6, 6.07) is 3.25. The van der Waals surface area contributed by atoms with E-state index in [2.05, 4.69) is 6.92 Å². The van der Waals surface area contributed by atoms with E-state index in [1.165, 1.54) is 25.7 Å². The lowest BCUT2D eigenvalue weighted by Crippen LogP contribution is -2.02. The van der Waals surface area contributed by atoms with Crippen molar-refractivity contribution >= 4 is 29.0 Å². The summed E-state index contributed by atoms with van der Waals surface area (Å²) >= 11 is 12.3. The summed E-state index contributed by atoms with van der Waals surface area (Å²) in [5, 5.41) is 0.853. The number of hydrogen-bond donors (Lipinski definition) is 0. The maximum atomic E-state index is 12.2. The van der Waals surface area contributed by atoms with E-state index >= 15 is 0 Å². The van der Waals surface area contributed by atoms with Gasteiger partial charge in [-0.25, -0.2) is 0 Å². The smallest absolute Gasteiger partial charge is 0.164 e. The van der Waals surface area contributed by atoms with E-state index in [-0.39, 0.29) is 5.78 Å². The van der Waals surface area contributed by atoms with Crippen molar-refractivity contribution < 1.29 is 9.53 Å². The number of ether oxygens (including phenoxy) is 1. The summed E-state index contributed by atoms with van der Waals surface area (Å²) in [6.45, 7) is 4.59. The highest BCUT2D eigenvalue weighted by Crippen LogP contribution is 2.32. The lowest BCUT2D eigenvalue weighted by atomic mass is 10.0. The van der Waals surface area contributed by atoms with Crippen LogP contribution in [-0.2, 0) is 0 Å². The van der Waals surface area contributed by atoms with Crippen molar-refractivity contribution in [2.45, 2.75) is 58.8 Å². The van der Waals surface area contributed by atoms with Crippen molar-refractivity contribution in [3.63, 3.8) is 0 Å². The van der Waals surface area contributed by atoms with Crippen molar-refractivity contribution in [1.29, 1.82) is 0 Å². The number of rotatable bonds is 10. The van der Waals surface area contributed by atoms with Crippen LogP contribution in [0.25, 0.3) is 0 Å². The van der Waals surface area contributed by atoms with Crippen LogP contribution in [0.4, 0.5) is 0 Å². The number of carbonyl (C=O) groups is 1.